The van der Waals surface area contributed by atoms with Crippen LogP contribution < -0.4 is 5.73 Å². The Kier molecular flexibility index (Phi) is 4.06. The number of ether oxygens (including phenoxy) is 1. The molecule has 2 rings (SSSR count). The fraction of sp³-hybridized carbons (Fsp3) is 1.00. The molecule has 1 atom stereocenters. The van der Waals surface area contributed by atoms with E-state index in [9.17, 15) is 0 Å². The molecule has 2 heteroatoms. The molecular weight excluding hydrogens is 234 g/mol. The molecule has 2 nitrogen and oxygen atoms in total. The zero-order valence-corrected chi connectivity index (χ0v) is 13.6. The van der Waals surface area contributed by atoms with E-state index < -0.39 is 0 Å². The Morgan fingerprint density at radius 2 is 1.68 bits per heavy atom. The van der Waals surface area contributed by atoms with Gasteiger partial charge in [-0.25, -0.2) is 0 Å². The highest BCUT2D eigenvalue weighted by molar-refractivity contribution is 5.07. The third-order valence-corrected chi connectivity index (χ3v) is 5.50. The number of hydrogen-bond acceptors (Lipinski definition) is 2. The van der Waals surface area contributed by atoms with Crippen molar-refractivity contribution in [2.45, 2.75) is 96.3 Å². The highest BCUT2D eigenvalue weighted by atomic mass is 16.5. The summed E-state index contributed by atoms with van der Waals surface area (Å²) < 4.78 is 6.26. The molecule has 1 unspecified atom stereocenters. The summed E-state index contributed by atoms with van der Waals surface area (Å²) in [6.45, 7) is 11.2. The minimum Gasteiger partial charge on any atom is -0.369 e. The van der Waals surface area contributed by atoms with Crippen LogP contribution in [0.1, 0.15) is 79.6 Å². The van der Waals surface area contributed by atoms with Gasteiger partial charge in [-0.1, -0.05) is 19.8 Å². The van der Waals surface area contributed by atoms with Crippen LogP contribution in [0.5, 0.6) is 0 Å². The average molecular weight is 267 g/mol. The highest BCUT2D eigenvalue weighted by Crippen LogP contribution is 2.50. The van der Waals surface area contributed by atoms with E-state index in [2.05, 4.69) is 34.6 Å². The van der Waals surface area contributed by atoms with Crippen LogP contribution in [0.25, 0.3) is 0 Å². The van der Waals surface area contributed by atoms with Crippen LogP contribution in [0.15, 0.2) is 0 Å². The van der Waals surface area contributed by atoms with E-state index >= 15 is 0 Å². The van der Waals surface area contributed by atoms with Gasteiger partial charge in [0.05, 0.1) is 11.2 Å². The summed E-state index contributed by atoms with van der Waals surface area (Å²) in [6, 6.07) is 0. The predicted octanol–water partition coefficient (Wildman–Crippen LogP) is 4.27. The van der Waals surface area contributed by atoms with Gasteiger partial charge >= 0.3 is 0 Å². The van der Waals surface area contributed by atoms with Crippen molar-refractivity contribution in [2.75, 3.05) is 0 Å². The van der Waals surface area contributed by atoms with E-state index in [-0.39, 0.29) is 16.7 Å². The average Bonchev–Trinajstić information content (AvgIpc) is 2.51. The molecule has 1 aliphatic heterocycles. The predicted molar refractivity (Wildman–Crippen MR) is 81.1 cm³/mol. The molecule has 1 heterocycles. The molecule has 0 aromatic carbocycles. The molecule has 1 saturated heterocycles. The lowest BCUT2D eigenvalue weighted by molar-refractivity contribution is -0.0847. The fourth-order valence-electron chi connectivity index (χ4n) is 4.72. The smallest absolute Gasteiger partial charge is 0.0680 e. The van der Waals surface area contributed by atoms with Gasteiger partial charge < -0.3 is 10.5 Å². The Morgan fingerprint density at radius 1 is 1.11 bits per heavy atom. The van der Waals surface area contributed by atoms with Crippen molar-refractivity contribution in [2.24, 2.45) is 17.6 Å². The van der Waals surface area contributed by atoms with Crippen molar-refractivity contribution in [1.29, 1.82) is 0 Å². The first-order valence-corrected chi connectivity index (χ1v) is 8.18. The molecule has 1 aliphatic carbocycles. The van der Waals surface area contributed by atoms with Crippen LogP contribution in [0.2, 0.25) is 0 Å². The van der Waals surface area contributed by atoms with Gasteiger partial charge in [0.25, 0.3) is 0 Å². The standard InChI is InChI=1S/C17H33NO/c1-6-7-13-8-10-17(18,11-9-13)14-12-15(2,3)19-16(14,4)5/h13-14H,6-12,18H2,1-5H3. The third-order valence-electron chi connectivity index (χ3n) is 5.50. The second kappa shape index (κ2) is 5.04. The van der Waals surface area contributed by atoms with Crippen LogP contribution in [0.3, 0.4) is 0 Å². The van der Waals surface area contributed by atoms with Gasteiger partial charge in [0.2, 0.25) is 0 Å². The quantitative estimate of drug-likeness (QED) is 0.829. The molecule has 19 heavy (non-hydrogen) atoms. The molecule has 0 spiro atoms. The van der Waals surface area contributed by atoms with Gasteiger partial charge in [-0.2, -0.15) is 0 Å². The van der Waals surface area contributed by atoms with E-state index in [1.807, 2.05) is 0 Å². The Bertz CT molecular complexity index is 313. The molecule has 0 aromatic heterocycles. The Balaban J connectivity index is 2.05. The summed E-state index contributed by atoms with van der Waals surface area (Å²) >= 11 is 0. The fourth-order valence-corrected chi connectivity index (χ4v) is 4.72. The van der Waals surface area contributed by atoms with Crippen molar-refractivity contribution in [3.63, 3.8) is 0 Å². The summed E-state index contributed by atoms with van der Waals surface area (Å²) in [6.07, 6.45) is 8.81. The molecule has 2 aliphatic rings. The van der Waals surface area contributed by atoms with Gasteiger partial charge in [-0.05, 0) is 65.7 Å². The van der Waals surface area contributed by atoms with E-state index in [0.29, 0.717) is 5.92 Å². The summed E-state index contributed by atoms with van der Waals surface area (Å²) in [5.74, 6) is 1.41. The lowest BCUT2D eigenvalue weighted by atomic mass is 9.64. The summed E-state index contributed by atoms with van der Waals surface area (Å²) in [5.41, 5.74) is 6.75. The van der Waals surface area contributed by atoms with Crippen LogP contribution in [-0.2, 0) is 4.74 Å². The molecule has 0 amide bonds. The van der Waals surface area contributed by atoms with E-state index in [1.165, 1.54) is 38.5 Å². The number of rotatable bonds is 3. The zero-order valence-electron chi connectivity index (χ0n) is 13.6. The SMILES string of the molecule is CCCC1CCC(N)(C2CC(C)(C)OC2(C)C)CC1. The minimum atomic E-state index is -0.0736. The molecule has 0 bridgehead atoms. The van der Waals surface area contributed by atoms with Gasteiger partial charge in [-0.3, -0.25) is 0 Å². The van der Waals surface area contributed by atoms with Gasteiger partial charge in [0.1, 0.15) is 0 Å². The first kappa shape index (κ1) is 15.3. The van der Waals surface area contributed by atoms with Crippen molar-refractivity contribution in [3.8, 4) is 0 Å². The third kappa shape index (κ3) is 3.16. The molecule has 1 saturated carbocycles. The second-order valence-corrected chi connectivity index (χ2v) is 8.19. The van der Waals surface area contributed by atoms with Crippen LogP contribution in [-0.4, -0.2) is 16.7 Å². The first-order valence-electron chi connectivity index (χ1n) is 8.18. The lowest BCUT2D eigenvalue weighted by Crippen LogP contribution is -2.55. The monoisotopic (exact) mass is 267 g/mol. The largest absolute Gasteiger partial charge is 0.369 e. The number of nitrogens with two attached hydrogens (primary N) is 1. The molecule has 2 fully saturated rings. The molecule has 0 radical (unpaired) electrons. The molecule has 112 valence electrons. The first-order chi connectivity index (χ1) is 8.69. The normalized spacial score (nSPS) is 41.4. The summed E-state index contributed by atoms with van der Waals surface area (Å²) in [7, 11) is 0. The second-order valence-electron chi connectivity index (χ2n) is 8.19. The van der Waals surface area contributed by atoms with Gasteiger partial charge in [0.15, 0.2) is 0 Å². The number of hydrogen-bond donors (Lipinski definition) is 1. The Hall–Kier alpha value is -0.0800. The van der Waals surface area contributed by atoms with Crippen LogP contribution >= 0.6 is 0 Å². The topological polar surface area (TPSA) is 35.2 Å². The van der Waals surface area contributed by atoms with Crippen molar-refractivity contribution < 1.29 is 4.74 Å². The van der Waals surface area contributed by atoms with Crippen LogP contribution in [0, 0.1) is 11.8 Å². The van der Waals surface area contributed by atoms with Crippen LogP contribution in [0.4, 0.5) is 0 Å². The Labute approximate surface area is 119 Å². The van der Waals surface area contributed by atoms with Gasteiger partial charge in [0, 0.05) is 11.5 Å². The maximum Gasteiger partial charge on any atom is 0.0680 e. The van der Waals surface area contributed by atoms with E-state index in [1.54, 1.807) is 0 Å². The maximum atomic E-state index is 6.84. The van der Waals surface area contributed by atoms with Crippen molar-refractivity contribution >= 4 is 0 Å². The van der Waals surface area contributed by atoms with E-state index in [0.717, 1.165) is 12.3 Å². The lowest BCUT2D eigenvalue weighted by Gasteiger charge is -2.45. The highest BCUT2D eigenvalue weighted by Gasteiger charge is 2.54. The van der Waals surface area contributed by atoms with Crippen molar-refractivity contribution in [3.05, 3.63) is 0 Å². The van der Waals surface area contributed by atoms with Gasteiger partial charge in [-0.15, -0.1) is 0 Å². The molecule has 2 N–H and O–H groups in total. The molecule has 0 aromatic rings. The summed E-state index contributed by atoms with van der Waals surface area (Å²) in [5, 5.41) is 0. The maximum absolute atomic E-state index is 6.84. The minimum absolute atomic E-state index is 0.00150. The zero-order chi connectivity index (χ0) is 14.3. The molecular formula is C17H33NO. The van der Waals surface area contributed by atoms with Crippen molar-refractivity contribution in [1.82, 2.24) is 0 Å². The van der Waals surface area contributed by atoms with E-state index in [4.69, 9.17) is 10.5 Å². The summed E-state index contributed by atoms with van der Waals surface area (Å²) in [4.78, 5) is 0. The Morgan fingerprint density at radius 3 is 2.11 bits per heavy atom.